The first-order valence-electron chi connectivity index (χ1n) is 8.21. The molecule has 5 nitrogen and oxygen atoms in total. The summed E-state index contributed by atoms with van der Waals surface area (Å²) in [5.41, 5.74) is 7.84. The highest BCUT2D eigenvalue weighted by atomic mass is 127. The van der Waals surface area contributed by atoms with E-state index in [2.05, 4.69) is 22.4 Å². The molecule has 3 N–H and O–H groups in total. The number of aliphatic imine (C=N–C) groups is 1. The van der Waals surface area contributed by atoms with Crippen molar-refractivity contribution in [1.82, 2.24) is 0 Å². The number of hydrogen-bond acceptors (Lipinski definition) is 3. The van der Waals surface area contributed by atoms with Crippen LogP contribution in [0.3, 0.4) is 0 Å². The number of methoxy groups -OCH3 is 1. The normalized spacial score (nSPS) is 10.9. The van der Waals surface area contributed by atoms with Crippen LogP contribution < -0.4 is 15.8 Å². The molecular formula is C19H25ClIN3O2. The number of unbranched alkanes of at least 4 members (excludes halogenated alkanes) is 1. The van der Waals surface area contributed by atoms with E-state index in [1.165, 1.54) is 5.56 Å². The van der Waals surface area contributed by atoms with Gasteiger partial charge in [-0.3, -0.25) is 4.99 Å². The van der Waals surface area contributed by atoms with Crippen LogP contribution in [0.2, 0.25) is 5.02 Å². The smallest absolute Gasteiger partial charge is 0.193 e. The second-order valence-corrected chi connectivity index (χ2v) is 5.89. The number of ether oxygens (including phenoxy) is 2. The molecule has 0 aromatic heterocycles. The fourth-order valence-electron chi connectivity index (χ4n) is 2.21. The van der Waals surface area contributed by atoms with Crippen LogP contribution >= 0.6 is 35.6 Å². The number of anilines is 1. The van der Waals surface area contributed by atoms with Crippen molar-refractivity contribution in [2.75, 3.05) is 25.6 Å². The summed E-state index contributed by atoms with van der Waals surface area (Å²) in [6.45, 7) is 2.01. The van der Waals surface area contributed by atoms with Gasteiger partial charge in [0.15, 0.2) is 5.96 Å². The molecule has 2 aromatic rings. The molecule has 2 aromatic carbocycles. The zero-order valence-electron chi connectivity index (χ0n) is 14.8. The summed E-state index contributed by atoms with van der Waals surface area (Å²) in [7, 11) is 1.58. The molecule has 2 rings (SSSR count). The lowest BCUT2D eigenvalue weighted by Crippen LogP contribution is -2.22. The minimum absolute atomic E-state index is 0. The van der Waals surface area contributed by atoms with Crippen LogP contribution in [0.1, 0.15) is 18.4 Å². The van der Waals surface area contributed by atoms with E-state index in [-0.39, 0.29) is 24.0 Å². The van der Waals surface area contributed by atoms with Crippen molar-refractivity contribution in [1.29, 1.82) is 0 Å². The Balaban J connectivity index is 0.00000338. The monoisotopic (exact) mass is 489 g/mol. The highest BCUT2D eigenvalue weighted by Gasteiger charge is 2.02. The van der Waals surface area contributed by atoms with Crippen molar-refractivity contribution >= 4 is 47.2 Å². The molecule has 0 saturated carbocycles. The van der Waals surface area contributed by atoms with Crippen LogP contribution in [0.4, 0.5) is 5.69 Å². The predicted molar refractivity (Wildman–Crippen MR) is 119 cm³/mol. The Morgan fingerprint density at radius 3 is 2.62 bits per heavy atom. The first-order valence-corrected chi connectivity index (χ1v) is 8.59. The molecule has 0 amide bonds. The summed E-state index contributed by atoms with van der Waals surface area (Å²) >= 11 is 6.07. The largest absolute Gasteiger partial charge is 0.495 e. The number of nitrogens with one attached hydrogen (secondary N) is 1. The average molecular weight is 490 g/mol. The second kappa shape index (κ2) is 12.8. The van der Waals surface area contributed by atoms with Gasteiger partial charge in [0.05, 0.1) is 18.7 Å². The standard InChI is InChI=1S/C19H24ClN3O2.HI/c1-24-18-10-9-16(13-17(18)20)23-19(21)22-11-5-6-12-25-14-15-7-3-2-4-8-15;/h2-4,7-10,13H,5-6,11-12,14H2,1H3,(H3,21,22,23);1H. The molecule has 0 saturated heterocycles. The summed E-state index contributed by atoms with van der Waals surface area (Å²) in [5.74, 6) is 0.990. The van der Waals surface area contributed by atoms with Gasteiger partial charge in [0.2, 0.25) is 0 Å². The van der Waals surface area contributed by atoms with Gasteiger partial charge in [0.1, 0.15) is 5.75 Å². The van der Waals surface area contributed by atoms with Gasteiger partial charge in [-0.15, -0.1) is 24.0 Å². The molecule has 0 spiro atoms. The summed E-state index contributed by atoms with van der Waals surface area (Å²) in [4.78, 5) is 4.30. The number of nitrogens with two attached hydrogens (primary N) is 1. The third-order valence-corrected chi connectivity index (χ3v) is 3.81. The van der Waals surface area contributed by atoms with Crippen molar-refractivity contribution in [2.24, 2.45) is 10.7 Å². The maximum Gasteiger partial charge on any atom is 0.193 e. The summed E-state index contributed by atoms with van der Waals surface area (Å²) in [5, 5.41) is 3.54. The van der Waals surface area contributed by atoms with Crippen LogP contribution in [-0.4, -0.2) is 26.2 Å². The topological polar surface area (TPSA) is 68.9 Å². The first kappa shape index (κ1) is 22.5. The molecule has 0 heterocycles. The van der Waals surface area contributed by atoms with E-state index in [9.17, 15) is 0 Å². The van der Waals surface area contributed by atoms with Crippen molar-refractivity contribution < 1.29 is 9.47 Å². The lowest BCUT2D eigenvalue weighted by molar-refractivity contribution is 0.117. The lowest BCUT2D eigenvalue weighted by atomic mass is 10.2. The minimum Gasteiger partial charge on any atom is -0.495 e. The number of nitrogens with zero attached hydrogens (tertiary/aromatic N) is 1. The van der Waals surface area contributed by atoms with Crippen LogP contribution in [0.5, 0.6) is 5.75 Å². The summed E-state index contributed by atoms with van der Waals surface area (Å²) in [6.07, 6.45) is 1.86. The first-order chi connectivity index (χ1) is 12.2. The number of hydrogen-bond donors (Lipinski definition) is 2. The van der Waals surface area contributed by atoms with Gasteiger partial charge in [-0.1, -0.05) is 41.9 Å². The van der Waals surface area contributed by atoms with Gasteiger partial charge in [0.25, 0.3) is 0 Å². The molecule has 7 heteroatoms. The number of benzene rings is 2. The van der Waals surface area contributed by atoms with E-state index in [1.54, 1.807) is 19.2 Å². The van der Waals surface area contributed by atoms with E-state index in [1.807, 2.05) is 24.3 Å². The van der Waals surface area contributed by atoms with Crippen LogP contribution in [0.25, 0.3) is 0 Å². The number of guanidine groups is 1. The van der Waals surface area contributed by atoms with Gasteiger partial charge in [0, 0.05) is 18.8 Å². The molecule has 0 fully saturated rings. The van der Waals surface area contributed by atoms with Gasteiger partial charge in [-0.05, 0) is 36.6 Å². The molecule has 0 aliphatic heterocycles. The van der Waals surface area contributed by atoms with Crippen LogP contribution in [0, 0.1) is 0 Å². The fourth-order valence-corrected chi connectivity index (χ4v) is 2.47. The van der Waals surface area contributed by atoms with Crippen molar-refractivity contribution in [2.45, 2.75) is 19.4 Å². The Hall–Kier alpha value is -1.51. The molecule has 0 unspecified atom stereocenters. The molecule has 0 atom stereocenters. The molecule has 142 valence electrons. The average Bonchev–Trinajstić information content (AvgIpc) is 2.62. The number of rotatable bonds is 9. The van der Waals surface area contributed by atoms with Crippen molar-refractivity contribution in [3.05, 3.63) is 59.1 Å². The Labute approximate surface area is 177 Å². The SMILES string of the molecule is COc1ccc(NC(N)=NCCCCOCc2ccccc2)cc1Cl.I. The van der Waals surface area contributed by atoms with Crippen molar-refractivity contribution in [3.8, 4) is 5.75 Å². The fraction of sp³-hybridized carbons (Fsp3) is 0.316. The summed E-state index contributed by atoms with van der Waals surface area (Å²) < 4.78 is 10.7. The summed E-state index contributed by atoms with van der Waals surface area (Å²) in [6, 6.07) is 15.5. The molecule has 0 aliphatic carbocycles. The Morgan fingerprint density at radius 1 is 1.15 bits per heavy atom. The molecule has 0 aliphatic rings. The predicted octanol–water partition coefficient (Wildman–Crippen LogP) is 4.69. The van der Waals surface area contributed by atoms with Gasteiger partial charge in [-0.2, -0.15) is 0 Å². The van der Waals surface area contributed by atoms with E-state index >= 15 is 0 Å². The van der Waals surface area contributed by atoms with Gasteiger partial charge >= 0.3 is 0 Å². The molecule has 26 heavy (non-hydrogen) atoms. The van der Waals surface area contributed by atoms with E-state index in [0.29, 0.717) is 36.5 Å². The zero-order valence-corrected chi connectivity index (χ0v) is 17.9. The van der Waals surface area contributed by atoms with E-state index < -0.39 is 0 Å². The molecule has 0 bridgehead atoms. The van der Waals surface area contributed by atoms with Crippen molar-refractivity contribution in [3.63, 3.8) is 0 Å². The number of halogens is 2. The van der Waals surface area contributed by atoms with Gasteiger partial charge in [-0.25, -0.2) is 0 Å². The quantitative estimate of drug-likeness (QED) is 0.232. The van der Waals surface area contributed by atoms with Crippen LogP contribution in [0.15, 0.2) is 53.5 Å². The maximum absolute atomic E-state index is 6.07. The minimum atomic E-state index is 0. The lowest BCUT2D eigenvalue weighted by Gasteiger charge is -2.08. The molecular weight excluding hydrogens is 465 g/mol. The third-order valence-electron chi connectivity index (χ3n) is 3.51. The van der Waals surface area contributed by atoms with Gasteiger partial charge < -0.3 is 20.5 Å². The highest BCUT2D eigenvalue weighted by molar-refractivity contribution is 14.0. The third kappa shape index (κ3) is 8.25. The Kier molecular flexibility index (Phi) is 11.1. The van der Waals surface area contributed by atoms with E-state index in [4.69, 9.17) is 26.8 Å². The highest BCUT2D eigenvalue weighted by Crippen LogP contribution is 2.26. The molecule has 0 radical (unpaired) electrons. The second-order valence-electron chi connectivity index (χ2n) is 5.49. The Bertz CT molecular complexity index is 684. The van der Waals surface area contributed by atoms with Crippen LogP contribution in [-0.2, 0) is 11.3 Å². The zero-order chi connectivity index (χ0) is 17.9. The Morgan fingerprint density at radius 2 is 1.92 bits per heavy atom. The van der Waals surface area contributed by atoms with E-state index in [0.717, 1.165) is 18.5 Å². The maximum atomic E-state index is 6.07.